The lowest BCUT2D eigenvalue weighted by atomic mass is 9.75. The van der Waals surface area contributed by atoms with Crippen molar-refractivity contribution >= 4 is 0 Å². The molecule has 0 bridgehead atoms. The van der Waals surface area contributed by atoms with Gasteiger partial charge in [-0.15, -0.1) is 0 Å². The van der Waals surface area contributed by atoms with Crippen LogP contribution in [0.1, 0.15) is 29.9 Å². The predicted molar refractivity (Wildman–Crippen MR) is 82.0 cm³/mol. The van der Waals surface area contributed by atoms with Crippen LogP contribution in [-0.2, 0) is 6.54 Å². The number of hydrogen-bond donors (Lipinski definition) is 1. The van der Waals surface area contributed by atoms with E-state index < -0.39 is 0 Å². The van der Waals surface area contributed by atoms with Crippen LogP contribution in [-0.4, -0.2) is 13.2 Å². The van der Waals surface area contributed by atoms with Crippen LogP contribution in [0, 0.1) is 0 Å². The minimum absolute atomic E-state index is 0.630. The lowest BCUT2D eigenvalue weighted by molar-refractivity contribution is 0.282. The van der Waals surface area contributed by atoms with Gasteiger partial charge in [-0.2, -0.15) is 0 Å². The molecule has 0 saturated heterocycles. The highest BCUT2D eigenvalue weighted by molar-refractivity contribution is 5.37. The molecule has 1 N–H and O–H groups in total. The Labute approximate surface area is 120 Å². The van der Waals surface area contributed by atoms with E-state index in [-0.39, 0.29) is 0 Å². The van der Waals surface area contributed by atoms with Crippen LogP contribution < -0.4 is 10.1 Å². The van der Waals surface area contributed by atoms with E-state index in [4.69, 9.17) is 4.74 Å². The summed E-state index contributed by atoms with van der Waals surface area (Å²) in [7, 11) is 1.75. The molecule has 0 unspecified atom stereocenters. The van der Waals surface area contributed by atoms with Crippen LogP contribution >= 0.6 is 0 Å². The van der Waals surface area contributed by atoms with Gasteiger partial charge in [0.15, 0.2) is 0 Å². The molecule has 1 saturated carbocycles. The van der Waals surface area contributed by atoms with E-state index in [1.165, 1.54) is 24.0 Å². The number of benzene rings is 2. The Morgan fingerprint density at radius 3 is 2.45 bits per heavy atom. The first-order valence-corrected chi connectivity index (χ1v) is 7.27. The topological polar surface area (TPSA) is 21.3 Å². The van der Waals surface area contributed by atoms with Crippen molar-refractivity contribution in [1.82, 2.24) is 5.32 Å². The van der Waals surface area contributed by atoms with E-state index in [9.17, 15) is 0 Å². The monoisotopic (exact) mass is 267 g/mol. The zero-order valence-corrected chi connectivity index (χ0v) is 11.9. The Bertz CT molecular complexity index is 546. The Hall–Kier alpha value is -1.80. The molecule has 2 nitrogen and oxygen atoms in total. The highest BCUT2D eigenvalue weighted by atomic mass is 16.5. The molecular weight excluding hydrogens is 246 g/mol. The van der Waals surface area contributed by atoms with Gasteiger partial charge in [-0.1, -0.05) is 48.5 Å². The summed E-state index contributed by atoms with van der Waals surface area (Å²) in [6.07, 6.45) is 2.40. The fourth-order valence-electron chi connectivity index (χ4n) is 2.90. The third-order valence-electron chi connectivity index (χ3n) is 4.15. The van der Waals surface area contributed by atoms with Crippen molar-refractivity contribution in [2.75, 3.05) is 7.11 Å². The number of nitrogens with one attached hydrogen (secondary N) is 1. The number of hydrogen-bond acceptors (Lipinski definition) is 2. The molecule has 0 atom stereocenters. The molecule has 2 aromatic carbocycles. The molecule has 1 fully saturated rings. The van der Waals surface area contributed by atoms with Crippen LogP contribution in [0.4, 0.5) is 0 Å². The number of rotatable bonds is 5. The molecule has 0 heterocycles. The average molecular weight is 267 g/mol. The number of methoxy groups -OCH3 is 1. The summed E-state index contributed by atoms with van der Waals surface area (Å²) in [4.78, 5) is 0. The third-order valence-corrected chi connectivity index (χ3v) is 4.15. The van der Waals surface area contributed by atoms with Crippen LogP contribution in [0.25, 0.3) is 0 Å². The van der Waals surface area contributed by atoms with Gasteiger partial charge in [-0.3, -0.25) is 0 Å². The minimum Gasteiger partial charge on any atom is -0.496 e. The molecule has 0 radical (unpaired) electrons. The van der Waals surface area contributed by atoms with E-state index in [1.807, 2.05) is 6.07 Å². The second-order valence-corrected chi connectivity index (χ2v) is 5.47. The zero-order valence-electron chi connectivity index (χ0n) is 11.9. The first kappa shape index (κ1) is 13.2. The maximum atomic E-state index is 5.45. The predicted octanol–water partition coefficient (Wildman–Crippen LogP) is 3.73. The van der Waals surface area contributed by atoms with Gasteiger partial charge in [0.05, 0.1) is 7.11 Å². The Balaban J connectivity index is 1.51. The quantitative estimate of drug-likeness (QED) is 0.891. The Morgan fingerprint density at radius 1 is 1.00 bits per heavy atom. The molecule has 0 aliphatic heterocycles. The molecule has 20 heavy (non-hydrogen) atoms. The molecule has 2 heteroatoms. The van der Waals surface area contributed by atoms with E-state index in [1.54, 1.807) is 7.11 Å². The maximum absolute atomic E-state index is 5.45. The first-order chi connectivity index (χ1) is 9.86. The lowest BCUT2D eigenvalue weighted by Crippen LogP contribution is -2.39. The molecule has 104 valence electrons. The third kappa shape index (κ3) is 2.86. The van der Waals surface area contributed by atoms with Gasteiger partial charge in [0.1, 0.15) is 5.75 Å². The normalized spacial score (nSPS) is 21.2. The van der Waals surface area contributed by atoms with Crippen molar-refractivity contribution in [2.45, 2.75) is 31.3 Å². The molecule has 2 aromatic rings. The van der Waals surface area contributed by atoms with E-state index >= 15 is 0 Å². The summed E-state index contributed by atoms with van der Waals surface area (Å²) >= 11 is 0. The Morgan fingerprint density at radius 2 is 1.70 bits per heavy atom. The molecule has 3 rings (SSSR count). The summed E-state index contributed by atoms with van der Waals surface area (Å²) in [5.74, 6) is 1.67. The molecule has 0 aromatic heterocycles. The van der Waals surface area contributed by atoms with Gasteiger partial charge in [0.2, 0.25) is 0 Å². The van der Waals surface area contributed by atoms with Crippen molar-refractivity contribution in [1.29, 1.82) is 0 Å². The molecule has 0 spiro atoms. The summed E-state index contributed by atoms with van der Waals surface area (Å²) in [5, 5.41) is 3.63. The summed E-state index contributed by atoms with van der Waals surface area (Å²) in [6, 6.07) is 19.6. The van der Waals surface area contributed by atoms with Gasteiger partial charge in [-0.05, 0) is 36.0 Å². The first-order valence-electron chi connectivity index (χ1n) is 7.27. The van der Waals surface area contributed by atoms with Crippen molar-refractivity contribution in [2.24, 2.45) is 0 Å². The van der Waals surface area contributed by atoms with E-state index in [0.29, 0.717) is 12.0 Å². The summed E-state index contributed by atoms with van der Waals surface area (Å²) in [5.41, 5.74) is 2.71. The lowest BCUT2D eigenvalue weighted by Gasteiger charge is -2.37. The van der Waals surface area contributed by atoms with Gasteiger partial charge < -0.3 is 10.1 Å². The SMILES string of the molecule is COc1ccccc1C1CC(NCc2ccccc2)C1. The molecule has 0 amide bonds. The van der Waals surface area contributed by atoms with Gasteiger partial charge in [0, 0.05) is 12.6 Å². The minimum atomic E-state index is 0.630. The van der Waals surface area contributed by atoms with Crippen LogP contribution in [0.15, 0.2) is 54.6 Å². The average Bonchev–Trinajstić information content (AvgIpc) is 2.47. The standard InChI is InChI=1S/C18H21NO/c1-20-18-10-6-5-9-17(18)15-11-16(12-15)19-13-14-7-3-2-4-8-14/h2-10,15-16,19H,11-13H2,1H3. The fourth-order valence-corrected chi connectivity index (χ4v) is 2.90. The fraction of sp³-hybridized carbons (Fsp3) is 0.333. The highest BCUT2D eigenvalue weighted by Crippen LogP contribution is 2.40. The number of ether oxygens (including phenoxy) is 1. The Kier molecular flexibility index (Phi) is 4.03. The van der Waals surface area contributed by atoms with Gasteiger partial charge in [0.25, 0.3) is 0 Å². The second kappa shape index (κ2) is 6.10. The van der Waals surface area contributed by atoms with E-state index in [2.05, 4.69) is 53.8 Å². The maximum Gasteiger partial charge on any atom is 0.122 e. The van der Waals surface area contributed by atoms with Crippen LogP contribution in [0.5, 0.6) is 5.75 Å². The molecular formula is C18H21NO. The summed E-state index contributed by atoms with van der Waals surface area (Å²) < 4.78 is 5.45. The zero-order chi connectivity index (χ0) is 13.8. The van der Waals surface area contributed by atoms with Crippen molar-refractivity contribution in [3.63, 3.8) is 0 Å². The van der Waals surface area contributed by atoms with Gasteiger partial charge >= 0.3 is 0 Å². The van der Waals surface area contributed by atoms with Crippen molar-refractivity contribution < 1.29 is 4.74 Å². The largest absolute Gasteiger partial charge is 0.496 e. The van der Waals surface area contributed by atoms with Crippen molar-refractivity contribution in [3.05, 3.63) is 65.7 Å². The van der Waals surface area contributed by atoms with E-state index in [0.717, 1.165) is 12.3 Å². The van der Waals surface area contributed by atoms with Crippen molar-refractivity contribution in [3.8, 4) is 5.75 Å². The van der Waals surface area contributed by atoms with Crippen LogP contribution in [0.3, 0.4) is 0 Å². The molecule has 1 aliphatic carbocycles. The van der Waals surface area contributed by atoms with Crippen LogP contribution in [0.2, 0.25) is 0 Å². The molecule has 1 aliphatic rings. The summed E-state index contributed by atoms with van der Waals surface area (Å²) in [6.45, 7) is 0.962. The highest BCUT2D eigenvalue weighted by Gasteiger charge is 2.31. The number of para-hydroxylation sites is 1. The second-order valence-electron chi connectivity index (χ2n) is 5.47. The smallest absolute Gasteiger partial charge is 0.122 e. The van der Waals surface area contributed by atoms with Gasteiger partial charge in [-0.25, -0.2) is 0 Å².